The van der Waals surface area contributed by atoms with Crippen molar-refractivity contribution in [1.29, 1.82) is 0 Å². The molecule has 2 aromatic rings. The van der Waals surface area contributed by atoms with Gasteiger partial charge in [-0.05, 0) is 48.0 Å². The molecule has 0 aromatic heterocycles. The highest BCUT2D eigenvalue weighted by Crippen LogP contribution is 2.23. The summed E-state index contributed by atoms with van der Waals surface area (Å²) < 4.78 is 33.3. The molecule has 2 aromatic carbocycles. The van der Waals surface area contributed by atoms with E-state index in [1.54, 1.807) is 16.4 Å². The zero-order valence-electron chi connectivity index (χ0n) is 15.7. The monoisotopic (exact) mass is 419 g/mol. The first kappa shape index (κ1) is 19.6. The Labute approximate surface area is 171 Å². The zero-order chi connectivity index (χ0) is 19.6. The van der Waals surface area contributed by atoms with Crippen LogP contribution in [0.5, 0.6) is 0 Å². The van der Waals surface area contributed by atoms with E-state index >= 15 is 0 Å². The van der Waals surface area contributed by atoms with E-state index in [2.05, 4.69) is 5.32 Å². The van der Waals surface area contributed by atoms with Crippen LogP contribution in [-0.4, -0.2) is 68.2 Å². The van der Waals surface area contributed by atoms with Crippen LogP contribution in [0.2, 0.25) is 0 Å². The molecule has 2 saturated heterocycles. The molecule has 0 radical (unpaired) electrons. The number of hydrogen-bond acceptors (Lipinski definition) is 4. The number of nitrogens with one attached hydrogen (secondary N) is 1. The molecule has 0 bridgehead atoms. The van der Waals surface area contributed by atoms with Gasteiger partial charge in [-0.2, -0.15) is 4.31 Å². The van der Waals surface area contributed by atoms with Gasteiger partial charge in [-0.15, -0.1) is 0 Å². The van der Waals surface area contributed by atoms with Crippen molar-refractivity contribution in [3.05, 3.63) is 42.5 Å². The Morgan fingerprint density at radius 3 is 2.57 bits per heavy atom. The highest BCUT2D eigenvalue weighted by Gasteiger charge is 2.29. The van der Waals surface area contributed by atoms with Crippen molar-refractivity contribution in [2.24, 2.45) is 0 Å². The molecular weight excluding hydrogens is 394 g/mol. The van der Waals surface area contributed by atoms with E-state index in [1.807, 2.05) is 35.2 Å². The van der Waals surface area contributed by atoms with Crippen molar-refractivity contribution in [2.45, 2.75) is 23.8 Å². The third-order valence-electron chi connectivity index (χ3n) is 5.39. The molecule has 8 heteroatoms. The number of hydrogen-bond donors (Lipinski definition) is 1. The zero-order valence-corrected chi connectivity index (χ0v) is 17.3. The van der Waals surface area contributed by atoms with E-state index in [4.69, 9.17) is 17.0 Å². The number of nitrogens with zero attached hydrogens (tertiary/aromatic N) is 2. The van der Waals surface area contributed by atoms with Gasteiger partial charge in [-0.3, -0.25) is 0 Å². The second-order valence-electron chi connectivity index (χ2n) is 7.22. The van der Waals surface area contributed by atoms with Gasteiger partial charge in [0.25, 0.3) is 0 Å². The quantitative estimate of drug-likeness (QED) is 0.767. The number of piperazine rings is 1. The molecule has 1 atom stereocenters. The van der Waals surface area contributed by atoms with Crippen LogP contribution < -0.4 is 5.32 Å². The first-order valence-electron chi connectivity index (χ1n) is 9.67. The summed E-state index contributed by atoms with van der Waals surface area (Å²) in [5, 5.41) is 5.91. The van der Waals surface area contributed by atoms with Crippen molar-refractivity contribution in [2.75, 3.05) is 39.3 Å². The first-order valence-corrected chi connectivity index (χ1v) is 11.5. The maximum Gasteiger partial charge on any atom is 0.243 e. The third kappa shape index (κ3) is 4.15. The average Bonchev–Trinajstić information content (AvgIpc) is 3.25. The minimum Gasteiger partial charge on any atom is -0.376 e. The van der Waals surface area contributed by atoms with E-state index in [1.165, 1.54) is 0 Å². The summed E-state index contributed by atoms with van der Waals surface area (Å²) in [4.78, 5) is 2.38. The summed E-state index contributed by atoms with van der Waals surface area (Å²) >= 11 is 5.48. The maximum absolute atomic E-state index is 13.0. The highest BCUT2D eigenvalue weighted by atomic mass is 32.2. The van der Waals surface area contributed by atoms with Crippen molar-refractivity contribution in [3.63, 3.8) is 0 Å². The topological polar surface area (TPSA) is 61.9 Å². The lowest BCUT2D eigenvalue weighted by Gasteiger charge is -2.35. The Kier molecular flexibility index (Phi) is 5.82. The molecule has 150 valence electrons. The van der Waals surface area contributed by atoms with E-state index in [0.29, 0.717) is 42.7 Å². The fourth-order valence-electron chi connectivity index (χ4n) is 3.73. The van der Waals surface area contributed by atoms with Gasteiger partial charge in [0, 0.05) is 39.3 Å². The minimum atomic E-state index is -3.51. The number of ether oxygens (including phenoxy) is 1. The number of benzene rings is 2. The molecule has 6 nitrogen and oxygen atoms in total. The predicted molar refractivity (Wildman–Crippen MR) is 114 cm³/mol. The van der Waals surface area contributed by atoms with E-state index in [-0.39, 0.29) is 6.10 Å². The van der Waals surface area contributed by atoms with Gasteiger partial charge in [-0.25, -0.2) is 8.42 Å². The summed E-state index contributed by atoms with van der Waals surface area (Å²) in [5.74, 6) is 0. The molecule has 2 aliphatic rings. The predicted octanol–water partition coefficient (Wildman–Crippen LogP) is 2.20. The van der Waals surface area contributed by atoms with Gasteiger partial charge in [0.05, 0.1) is 11.0 Å². The Balaban J connectivity index is 1.37. The third-order valence-corrected chi connectivity index (χ3v) is 7.69. The molecule has 2 heterocycles. The molecule has 1 N–H and O–H groups in total. The maximum atomic E-state index is 13.0. The summed E-state index contributed by atoms with van der Waals surface area (Å²) in [6.07, 6.45) is 2.39. The number of thiocarbonyl (C=S) groups is 1. The molecule has 0 saturated carbocycles. The lowest BCUT2D eigenvalue weighted by atomic mass is 10.1. The lowest BCUT2D eigenvalue weighted by molar-refractivity contribution is 0.113. The number of sulfonamides is 1. The average molecular weight is 420 g/mol. The summed E-state index contributed by atoms with van der Waals surface area (Å²) in [6, 6.07) is 13.1. The highest BCUT2D eigenvalue weighted by molar-refractivity contribution is 7.89. The van der Waals surface area contributed by atoms with E-state index < -0.39 is 10.0 Å². The van der Waals surface area contributed by atoms with Gasteiger partial charge >= 0.3 is 0 Å². The molecule has 28 heavy (non-hydrogen) atoms. The molecular formula is C20H25N3O3S2. The molecule has 2 aliphatic heterocycles. The van der Waals surface area contributed by atoms with Crippen LogP contribution >= 0.6 is 12.2 Å². The molecule has 0 aliphatic carbocycles. The number of fused-ring (bicyclic) bond motifs is 1. The van der Waals surface area contributed by atoms with Gasteiger partial charge in [0.2, 0.25) is 10.0 Å². The molecule has 4 rings (SSSR count). The molecule has 0 unspecified atom stereocenters. The minimum absolute atomic E-state index is 0.229. The molecule has 0 spiro atoms. The van der Waals surface area contributed by atoms with Crippen LogP contribution in [0.4, 0.5) is 0 Å². The second kappa shape index (κ2) is 8.32. The summed E-state index contributed by atoms with van der Waals surface area (Å²) in [7, 11) is -3.51. The smallest absolute Gasteiger partial charge is 0.243 e. The van der Waals surface area contributed by atoms with Gasteiger partial charge in [-0.1, -0.05) is 30.3 Å². The van der Waals surface area contributed by atoms with Crippen LogP contribution in [-0.2, 0) is 14.8 Å². The largest absolute Gasteiger partial charge is 0.376 e. The molecule has 0 amide bonds. The van der Waals surface area contributed by atoms with Crippen LogP contribution in [0.25, 0.3) is 10.8 Å². The SMILES string of the molecule is O=S(=O)(c1ccc2ccccc2c1)N1CCN(C(=S)NC[C@H]2CCCO2)CC1. The Morgan fingerprint density at radius 1 is 1.11 bits per heavy atom. The molecule has 2 fully saturated rings. The van der Waals surface area contributed by atoms with Crippen LogP contribution in [0.1, 0.15) is 12.8 Å². The van der Waals surface area contributed by atoms with Gasteiger partial charge in [0.1, 0.15) is 0 Å². The van der Waals surface area contributed by atoms with E-state index in [0.717, 1.165) is 30.2 Å². The van der Waals surface area contributed by atoms with Crippen LogP contribution in [0.3, 0.4) is 0 Å². The fraction of sp³-hybridized carbons (Fsp3) is 0.450. The van der Waals surface area contributed by atoms with Crippen molar-refractivity contribution in [1.82, 2.24) is 14.5 Å². The summed E-state index contributed by atoms with van der Waals surface area (Å²) in [5.41, 5.74) is 0. The number of rotatable bonds is 4. The standard InChI is InChI=1S/C20H25N3O3S2/c24-28(25,19-8-7-16-4-1-2-5-17(16)14-19)23-11-9-22(10-12-23)20(27)21-15-18-6-3-13-26-18/h1-2,4-5,7-8,14,18H,3,6,9-13,15H2,(H,21,27)/t18-/m1/s1. The van der Waals surface area contributed by atoms with Crippen molar-refractivity contribution >= 4 is 38.1 Å². The lowest BCUT2D eigenvalue weighted by Crippen LogP contribution is -2.53. The van der Waals surface area contributed by atoms with Crippen LogP contribution in [0.15, 0.2) is 47.4 Å². The Hall–Kier alpha value is -1.74. The first-order chi connectivity index (χ1) is 13.5. The van der Waals surface area contributed by atoms with Crippen LogP contribution in [0, 0.1) is 0 Å². The van der Waals surface area contributed by atoms with Gasteiger partial charge < -0.3 is 15.0 Å². The van der Waals surface area contributed by atoms with Gasteiger partial charge in [0.15, 0.2) is 5.11 Å². The van der Waals surface area contributed by atoms with Crippen molar-refractivity contribution < 1.29 is 13.2 Å². The fourth-order valence-corrected chi connectivity index (χ4v) is 5.45. The van der Waals surface area contributed by atoms with E-state index in [9.17, 15) is 8.42 Å². The van der Waals surface area contributed by atoms with Crippen molar-refractivity contribution in [3.8, 4) is 0 Å². The second-order valence-corrected chi connectivity index (χ2v) is 9.55. The summed E-state index contributed by atoms with van der Waals surface area (Å²) in [6.45, 7) is 3.57. The Morgan fingerprint density at radius 2 is 1.86 bits per heavy atom. The normalized spacial score (nSPS) is 21.1. The Bertz CT molecular complexity index is 950.